The molecule has 0 fully saturated rings. The Morgan fingerprint density at radius 2 is 1.66 bits per heavy atom. The molecule has 0 saturated heterocycles. The van der Waals surface area contributed by atoms with E-state index in [1.54, 1.807) is 0 Å². The van der Waals surface area contributed by atoms with Crippen molar-refractivity contribution >= 4 is 5.91 Å². The van der Waals surface area contributed by atoms with Gasteiger partial charge in [-0.3, -0.25) is 4.79 Å². The molecule has 11 heteroatoms. The van der Waals surface area contributed by atoms with Gasteiger partial charge in [-0.1, -0.05) is 13.8 Å². The number of nitrogens with zero attached hydrogens (tertiary/aromatic N) is 2. The Bertz CT molecular complexity index is 895. The van der Waals surface area contributed by atoms with Crippen molar-refractivity contribution < 1.29 is 31.1 Å². The van der Waals surface area contributed by atoms with Crippen molar-refractivity contribution in [2.45, 2.75) is 45.6 Å². The standard InChI is InChI=1S/C21H24F6N4O/c1-12(2)5-13(10-28)6-18(32)30-11-17-3-4-29-19(31-17)14-7-15(20(22,23)24)9-16(8-14)21(25,26)27/h3-4,7-9,12-13H,5-6,10-11,28H2,1-2H3,(H,30,32). The molecule has 0 spiro atoms. The van der Waals surface area contributed by atoms with Crippen LogP contribution in [0.3, 0.4) is 0 Å². The van der Waals surface area contributed by atoms with E-state index in [1.807, 2.05) is 13.8 Å². The van der Waals surface area contributed by atoms with Crippen molar-refractivity contribution in [2.75, 3.05) is 6.54 Å². The Morgan fingerprint density at radius 3 is 2.16 bits per heavy atom. The molecule has 0 aliphatic heterocycles. The summed E-state index contributed by atoms with van der Waals surface area (Å²) in [6.45, 7) is 4.32. The van der Waals surface area contributed by atoms with Gasteiger partial charge in [-0.15, -0.1) is 0 Å². The first-order chi connectivity index (χ1) is 14.8. The van der Waals surface area contributed by atoms with Crippen molar-refractivity contribution in [1.29, 1.82) is 0 Å². The van der Waals surface area contributed by atoms with Crippen LogP contribution in [0.1, 0.15) is 43.5 Å². The van der Waals surface area contributed by atoms with Crippen LogP contribution in [0.5, 0.6) is 0 Å². The minimum absolute atomic E-state index is 0.00172. The van der Waals surface area contributed by atoms with Gasteiger partial charge in [0.05, 0.1) is 23.4 Å². The second-order valence-corrected chi connectivity index (χ2v) is 7.88. The summed E-state index contributed by atoms with van der Waals surface area (Å²) in [6, 6.07) is 2.57. The van der Waals surface area contributed by atoms with E-state index in [-0.39, 0.29) is 42.4 Å². The molecule has 0 aliphatic rings. The van der Waals surface area contributed by atoms with Gasteiger partial charge >= 0.3 is 12.4 Å². The number of hydrogen-bond donors (Lipinski definition) is 2. The normalized spacial score (nSPS) is 13.3. The average Bonchev–Trinajstić information content (AvgIpc) is 2.70. The first kappa shape index (κ1) is 25.6. The van der Waals surface area contributed by atoms with Crippen LogP contribution in [0.2, 0.25) is 0 Å². The van der Waals surface area contributed by atoms with Gasteiger partial charge in [0.25, 0.3) is 0 Å². The number of nitrogens with one attached hydrogen (secondary N) is 1. The maximum Gasteiger partial charge on any atom is 0.416 e. The lowest BCUT2D eigenvalue weighted by atomic mass is 9.94. The Balaban J connectivity index is 2.21. The molecule has 1 unspecified atom stereocenters. The van der Waals surface area contributed by atoms with Crippen LogP contribution in [0.25, 0.3) is 11.4 Å². The second kappa shape index (κ2) is 10.3. The summed E-state index contributed by atoms with van der Waals surface area (Å²) >= 11 is 0. The van der Waals surface area contributed by atoms with E-state index in [2.05, 4.69) is 15.3 Å². The fourth-order valence-electron chi connectivity index (χ4n) is 3.17. The number of aromatic nitrogens is 2. The van der Waals surface area contributed by atoms with Crippen LogP contribution >= 0.6 is 0 Å². The molecule has 3 N–H and O–H groups in total. The Morgan fingerprint density at radius 1 is 1.06 bits per heavy atom. The van der Waals surface area contributed by atoms with Gasteiger partial charge in [0.1, 0.15) is 0 Å². The first-order valence-electron chi connectivity index (χ1n) is 9.88. The molecule has 1 aromatic heterocycles. The minimum Gasteiger partial charge on any atom is -0.350 e. The molecule has 2 aromatic rings. The summed E-state index contributed by atoms with van der Waals surface area (Å²) in [4.78, 5) is 20.0. The number of halogens is 6. The van der Waals surface area contributed by atoms with Crippen molar-refractivity contribution in [1.82, 2.24) is 15.3 Å². The summed E-state index contributed by atoms with van der Waals surface area (Å²) in [5.74, 6) is -0.218. The lowest BCUT2D eigenvalue weighted by Crippen LogP contribution is -2.28. The largest absolute Gasteiger partial charge is 0.416 e. The molecule has 1 heterocycles. The zero-order valence-corrected chi connectivity index (χ0v) is 17.5. The van der Waals surface area contributed by atoms with Crippen molar-refractivity contribution in [3.8, 4) is 11.4 Å². The SMILES string of the molecule is CC(C)CC(CN)CC(=O)NCc1ccnc(-c2cc(C(F)(F)F)cc(C(F)(F)F)c2)n1. The number of hydrogen-bond acceptors (Lipinski definition) is 4. The maximum atomic E-state index is 13.1. The predicted octanol–water partition coefficient (Wildman–Crippen LogP) is 4.81. The molecule has 2 rings (SSSR count). The number of benzene rings is 1. The maximum absolute atomic E-state index is 13.1. The van der Waals surface area contributed by atoms with E-state index in [9.17, 15) is 31.1 Å². The lowest BCUT2D eigenvalue weighted by Gasteiger charge is -2.16. The number of carbonyl (C=O) groups is 1. The number of rotatable bonds is 8. The molecule has 1 amide bonds. The van der Waals surface area contributed by atoms with Crippen molar-refractivity contribution in [3.05, 3.63) is 47.3 Å². The molecule has 1 atom stereocenters. The number of nitrogens with two attached hydrogens (primary N) is 1. The summed E-state index contributed by atoms with van der Waals surface area (Å²) in [7, 11) is 0. The van der Waals surface area contributed by atoms with E-state index in [1.165, 1.54) is 12.3 Å². The number of alkyl halides is 6. The molecule has 176 valence electrons. The monoisotopic (exact) mass is 462 g/mol. The summed E-state index contributed by atoms with van der Waals surface area (Å²) in [5.41, 5.74) is 2.58. The fraction of sp³-hybridized carbons (Fsp3) is 0.476. The van der Waals surface area contributed by atoms with Gasteiger partial charge in [-0.25, -0.2) is 9.97 Å². The predicted molar refractivity (Wildman–Crippen MR) is 106 cm³/mol. The molecule has 0 aliphatic carbocycles. The van der Waals surface area contributed by atoms with Crippen LogP contribution in [0, 0.1) is 11.8 Å². The van der Waals surface area contributed by atoms with Gasteiger partial charge < -0.3 is 11.1 Å². The van der Waals surface area contributed by atoms with Gasteiger partial charge in [-0.05, 0) is 49.1 Å². The fourth-order valence-corrected chi connectivity index (χ4v) is 3.17. The summed E-state index contributed by atoms with van der Waals surface area (Å²) in [6.07, 6.45) is -7.76. The Labute approximate surface area is 181 Å². The highest BCUT2D eigenvalue weighted by Crippen LogP contribution is 2.38. The molecule has 32 heavy (non-hydrogen) atoms. The zero-order valence-electron chi connectivity index (χ0n) is 17.5. The smallest absolute Gasteiger partial charge is 0.350 e. The molecule has 1 aromatic carbocycles. The second-order valence-electron chi connectivity index (χ2n) is 7.88. The third kappa shape index (κ3) is 7.47. The van der Waals surface area contributed by atoms with Gasteiger partial charge in [0.15, 0.2) is 5.82 Å². The van der Waals surface area contributed by atoms with Crippen LogP contribution in [0.4, 0.5) is 26.3 Å². The lowest BCUT2D eigenvalue weighted by molar-refractivity contribution is -0.143. The van der Waals surface area contributed by atoms with Crippen molar-refractivity contribution in [2.24, 2.45) is 17.6 Å². The van der Waals surface area contributed by atoms with E-state index < -0.39 is 29.0 Å². The average molecular weight is 462 g/mol. The zero-order chi connectivity index (χ0) is 24.1. The topological polar surface area (TPSA) is 80.9 Å². The Kier molecular flexibility index (Phi) is 8.22. The van der Waals surface area contributed by atoms with Crippen molar-refractivity contribution in [3.63, 3.8) is 0 Å². The quantitative estimate of drug-likeness (QED) is 0.552. The molecular formula is C21H24F6N4O. The number of amides is 1. The first-order valence-corrected chi connectivity index (χ1v) is 9.88. The summed E-state index contributed by atoms with van der Waals surface area (Å²) in [5, 5.41) is 2.64. The highest BCUT2D eigenvalue weighted by atomic mass is 19.4. The molecule has 0 bridgehead atoms. The van der Waals surface area contributed by atoms with Crippen LogP contribution in [-0.2, 0) is 23.7 Å². The van der Waals surface area contributed by atoms with E-state index in [0.717, 1.165) is 6.42 Å². The van der Waals surface area contributed by atoms with Gasteiger partial charge in [0.2, 0.25) is 5.91 Å². The highest BCUT2D eigenvalue weighted by molar-refractivity contribution is 5.76. The minimum atomic E-state index is -4.98. The third-order valence-corrected chi connectivity index (χ3v) is 4.64. The molecule has 5 nitrogen and oxygen atoms in total. The molecular weight excluding hydrogens is 438 g/mol. The molecule has 0 saturated carbocycles. The van der Waals surface area contributed by atoms with Crippen LogP contribution < -0.4 is 11.1 Å². The van der Waals surface area contributed by atoms with E-state index in [0.29, 0.717) is 24.6 Å². The third-order valence-electron chi connectivity index (χ3n) is 4.64. The van der Waals surface area contributed by atoms with E-state index >= 15 is 0 Å². The highest BCUT2D eigenvalue weighted by Gasteiger charge is 2.37. The van der Waals surface area contributed by atoms with Crippen LogP contribution in [0.15, 0.2) is 30.5 Å². The van der Waals surface area contributed by atoms with Gasteiger partial charge in [0, 0.05) is 18.2 Å². The van der Waals surface area contributed by atoms with E-state index in [4.69, 9.17) is 5.73 Å². The van der Waals surface area contributed by atoms with Crippen LogP contribution in [-0.4, -0.2) is 22.4 Å². The number of carbonyl (C=O) groups excluding carboxylic acids is 1. The Hall–Kier alpha value is -2.69. The molecule has 0 radical (unpaired) electrons. The summed E-state index contributed by atoms with van der Waals surface area (Å²) < 4.78 is 78.5. The van der Waals surface area contributed by atoms with Gasteiger partial charge in [-0.2, -0.15) is 26.3 Å².